The fourth-order valence-corrected chi connectivity index (χ4v) is 3.47. The molecule has 4 heterocycles. The zero-order valence-corrected chi connectivity index (χ0v) is 14.9. The van der Waals surface area contributed by atoms with Gasteiger partial charge >= 0.3 is 0 Å². The Hall–Kier alpha value is -2.94. The molecule has 2 aromatic rings. The Morgan fingerprint density at radius 3 is 2.92 bits per heavy atom. The van der Waals surface area contributed by atoms with Crippen LogP contribution >= 0.6 is 0 Å². The SMILES string of the molecule is CC(=O)N1CCNCC1C1=Nc2c(-c3cnn(C)c3)cnn2C(N)=CC1. The lowest BCUT2D eigenvalue weighted by molar-refractivity contribution is -0.130. The first-order valence-electron chi connectivity index (χ1n) is 8.63. The van der Waals surface area contributed by atoms with Crippen molar-refractivity contribution < 1.29 is 4.79 Å². The van der Waals surface area contributed by atoms with Crippen LogP contribution in [0.1, 0.15) is 13.3 Å². The largest absolute Gasteiger partial charge is 0.384 e. The minimum absolute atomic E-state index is 0.0568. The van der Waals surface area contributed by atoms with E-state index in [4.69, 9.17) is 10.7 Å². The number of nitrogens with two attached hydrogens (primary N) is 1. The van der Waals surface area contributed by atoms with Crippen molar-refractivity contribution in [1.29, 1.82) is 0 Å². The number of aryl methyl sites for hydroxylation is 1. The fourth-order valence-electron chi connectivity index (χ4n) is 3.47. The number of amides is 1. The predicted molar refractivity (Wildman–Crippen MR) is 98.6 cm³/mol. The Balaban J connectivity index is 1.80. The van der Waals surface area contributed by atoms with Crippen LogP contribution in [0.2, 0.25) is 0 Å². The van der Waals surface area contributed by atoms with Gasteiger partial charge in [0, 0.05) is 63.1 Å². The van der Waals surface area contributed by atoms with Crippen LogP contribution in [-0.4, -0.2) is 61.8 Å². The average Bonchev–Trinajstić information content (AvgIpc) is 3.20. The molecule has 0 bridgehead atoms. The Morgan fingerprint density at radius 2 is 2.19 bits per heavy atom. The van der Waals surface area contributed by atoms with Gasteiger partial charge in [-0.05, 0) is 6.08 Å². The third kappa shape index (κ3) is 2.80. The molecule has 0 spiro atoms. The molecule has 2 aliphatic heterocycles. The van der Waals surface area contributed by atoms with Crippen molar-refractivity contribution in [3.63, 3.8) is 0 Å². The summed E-state index contributed by atoms with van der Waals surface area (Å²) in [4.78, 5) is 18.8. The molecule has 0 saturated carbocycles. The average molecular weight is 354 g/mol. The lowest BCUT2D eigenvalue weighted by Crippen LogP contribution is -2.56. The number of nitrogens with zero attached hydrogens (tertiary/aromatic N) is 6. The van der Waals surface area contributed by atoms with E-state index in [9.17, 15) is 4.79 Å². The number of fused-ring (bicyclic) bond motifs is 1. The van der Waals surface area contributed by atoms with Gasteiger partial charge in [-0.25, -0.2) is 4.99 Å². The monoisotopic (exact) mass is 354 g/mol. The van der Waals surface area contributed by atoms with E-state index in [1.807, 2.05) is 24.2 Å². The van der Waals surface area contributed by atoms with E-state index in [0.717, 1.165) is 23.4 Å². The molecule has 2 aliphatic rings. The van der Waals surface area contributed by atoms with Crippen LogP contribution in [0.15, 0.2) is 29.7 Å². The molecule has 0 radical (unpaired) electrons. The number of hydrogen-bond acceptors (Lipinski definition) is 6. The second kappa shape index (κ2) is 6.41. The van der Waals surface area contributed by atoms with Crippen LogP contribution in [0.25, 0.3) is 16.9 Å². The molecule has 136 valence electrons. The number of aliphatic imine (C=N–C) groups is 1. The summed E-state index contributed by atoms with van der Waals surface area (Å²) >= 11 is 0. The molecule has 9 nitrogen and oxygen atoms in total. The number of nitrogens with one attached hydrogen (secondary N) is 1. The van der Waals surface area contributed by atoms with Crippen LogP contribution in [0.4, 0.5) is 5.82 Å². The molecule has 9 heteroatoms. The number of aromatic nitrogens is 4. The van der Waals surface area contributed by atoms with Gasteiger partial charge in [0.25, 0.3) is 0 Å². The predicted octanol–water partition coefficient (Wildman–Crippen LogP) is 0.337. The number of carbonyl (C=O) groups excluding carboxylic acids is 1. The highest BCUT2D eigenvalue weighted by Gasteiger charge is 2.30. The van der Waals surface area contributed by atoms with Crippen molar-refractivity contribution in [1.82, 2.24) is 29.8 Å². The molecule has 1 fully saturated rings. The van der Waals surface area contributed by atoms with E-state index >= 15 is 0 Å². The zero-order valence-electron chi connectivity index (χ0n) is 14.9. The summed E-state index contributed by atoms with van der Waals surface area (Å²) in [5.74, 6) is 1.27. The first kappa shape index (κ1) is 16.5. The molecular formula is C17H22N8O. The maximum Gasteiger partial charge on any atom is 0.220 e. The summed E-state index contributed by atoms with van der Waals surface area (Å²) in [6, 6.07) is -0.0894. The Bertz CT molecular complexity index is 906. The molecule has 1 unspecified atom stereocenters. The van der Waals surface area contributed by atoms with Gasteiger partial charge in [0.15, 0.2) is 5.82 Å². The van der Waals surface area contributed by atoms with E-state index in [1.54, 1.807) is 28.7 Å². The zero-order chi connectivity index (χ0) is 18.3. The number of hydrogen-bond donors (Lipinski definition) is 2. The van der Waals surface area contributed by atoms with E-state index in [0.29, 0.717) is 31.1 Å². The Kier molecular flexibility index (Phi) is 4.08. The van der Waals surface area contributed by atoms with E-state index in [2.05, 4.69) is 15.5 Å². The summed E-state index contributed by atoms with van der Waals surface area (Å²) in [5.41, 5.74) is 8.90. The molecule has 26 heavy (non-hydrogen) atoms. The summed E-state index contributed by atoms with van der Waals surface area (Å²) in [6.45, 7) is 3.75. The van der Waals surface area contributed by atoms with Gasteiger partial charge in [0.1, 0.15) is 5.82 Å². The second-order valence-electron chi connectivity index (χ2n) is 6.56. The maximum atomic E-state index is 12.1. The normalized spacial score (nSPS) is 20.2. The van der Waals surface area contributed by atoms with Gasteiger partial charge in [0.05, 0.1) is 18.4 Å². The van der Waals surface area contributed by atoms with Gasteiger partial charge in [-0.2, -0.15) is 14.9 Å². The topological polar surface area (TPSA) is 106 Å². The van der Waals surface area contributed by atoms with Crippen LogP contribution in [0, 0.1) is 0 Å². The smallest absolute Gasteiger partial charge is 0.220 e. The quantitative estimate of drug-likeness (QED) is 0.809. The van der Waals surface area contributed by atoms with Gasteiger partial charge in [0.2, 0.25) is 5.91 Å². The van der Waals surface area contributed by atoms with Crippen molar-refractivity contribution >= 4 is 23.3 Å². The molecule has 0 aliphatic carbocycles. The fraction of sp³-hybridized carbons (Fsp3) is 0.412. The Labute approximate surface area is 151 Å². The van der Waals surface area contributed by atoms with Crippen LogP contribution < -0.4 is 11.1 Å². The first-order chi connectivity index (χ1) is 12.5. The number of piperazine rings is 1. The van der Waals surface area contributed by atoms with Crippen molar-refractivity contribution in [2.75, 3.05) is 19.6 Å². The van der Waals surface area contributed by atoms with Gasteiger partial charge in [-0.15, -0.1) is 0 Å². The van der Waals surface area contributed by atoms with Crippen molar-refractivity contribution in [2.24, 2.45) is 17.8 Å². The van der Waals surface area contributed by atoms with Crippen LogP contribution in [0.3, 0.4) is 0 Å². The van der Waals surface area contributed by atoms with Crippen molar-refractivity contribution in [3.05, 3.63) is 24.7 Å². The lowest BCUT2D eigenvalue weighted by Gasteiger charge is -2.36. The van der Waals surface area contributed by atoms with Crippen LogP contribution in [-0.2, 0) is 11.8 Å². The summed E-state index contributed by atoms with van der Waals surface area (Å²) < 4.78 is 3.38. The first-order valence-corrected chi connectivity index (χ1v) is 8.63. The summed E-state index contributed by atoms with van der Waals surface area (Å²) in [5, 5.41) is 12.0. The van der Waals surface area contributed by atoms with E-state index < -0.39 is 0 Å². The van der Waals surface area contributed by atoms with Crippen LogP contribution in [0.5, 0.6) is 0 Å². The van der Waals surface area contributed by atoms with E-state index in [1.165, 1.54) is 0 Å². The van der Waals surface area contributed by atoms with E-state index in [-0.39, 0.29) is 11.9 Å². The van der Waals surface area contributed by atoms with Crippen molar-refractivity contribution in [3.8, 4) is 11.1 Å². The minimum Gasteiger partial charge on any atom is -0.384 e. The highest BCUT2D eigenvalue weighted by molar-refractivity contribution is 5.98. The molecular weight excluding hydrogens is 332 g/mol. The van der Waals surface area contributed by atoms with Gasteiger partial charge in [-0.1, -0.05) is 0 Å². The highest BCUT2D eigenvalue weighted by Crippen LogP contribution is 2.33. The third-order valence-electron chi connectivity index (χ3n) is 4.81. The lowest BCUT2D eigenvalue weighted by atomic mass is 10.0. The molecule has 0 aromatic carbocycles. The molecule has 4 rings (SSSR count). The minimum atomic E-state index is -0.0894. The number of rotatable bonds is 2. The third-order valence-corrected chi connectivity index (χ3v) is 4.81. The number of allylic oxidation sites excluding steroid dienone is 1. The van der Waals surface area contributed by atoms with Crippen molar-refractivity contribution in [2.45, 2.75) is 19.4 Å². The molecule has 1 saturated heterocycles. The molecule has 2 aromatic heterocycles. The summed E-state index contributed by atoms with van der Waals surface area (Å²) in [6.07, 6.45) is 7.94. The summed E-state index contributed by atoms with van der Waals surface area (Å²) in [7, 11) is 1.87. The standard InChI is InChI=1S/C17H22N8O/c1-11(26)24-6-5-19-9-15(24)14-3-4-16(18)25-17(22-14)13(8-21-25)12-7-20-23(2)10-12/h4,7-8,10,15,19H,3,5-6,9,18H2,1-2H3. The molecule has 1 amide bonds. The van der Waals surface area contributed by atoms with Gasteiger partial charge < -0.3 is 16.0 Å². The maximum absolute atomic E-state index is 12.1. The Morgan fingerprint density at radius 1 is 1.35 bits per heavy atom. The van der Waals surface area contributed by atoms with Gasteiger partial charge in [-0.3, -0.25) is 9.48 Å². The molecule has 3 N–H and O–H groups in total. The second-order valence-corrected chi connectivity index (χ2v) is 6.56. The highest BCUT2D eigenvalue weighted by atomic mass is 16.2. The molecule has 1 atom stereocenters. The number of carbonyl (C=O) groups is 1.